The van der Waals surface area contributed by atoms with Gasteiger partial charge in [-0.1, -0.05) is 25.3 Å². The highest BCUT2D eigenvalue weighted by Crippen LogP contribution is 2.32. The highest BCUT2D eigenvalue weighted by molar-refractivity contribution is 9.10. The van der Waals surface area contributed by atoms with Crippen LogP contribution in [0.25, 0.3) is 0 Å². The number of carbonyl (C=O) groups is 1. The van der Waals surface area contributed by atoms with Crippen molar-refractivity contribution in [3.8, 4) is 11.8 Å². The van der Waals surface area contributed by atoms with Gasteiger partial charge in [0.05, 0.1) is 24.2 Å². The molecule has 1 aliphatic carbocycles. The van der Waals surface area contributed by atoms with Crippen LogP contribution in [0, 0.1) is 11.3 Å². The number of ether oxygens (including phenoxy) is 1. The summed E-state index contributed by atoms with van der Waals surface area (Å²) in [6, 6.07) is 8.28. The lowest BCUT2D eigenvalue weighted by molar-refractivity contribution is -0.134. The summed E-state index contributed by atoms with van der Waals surface area (Å²) in [5.41, 5.74) is 0.430. The molecule has 0 bridgehead atoms. The van der Waals surface area contributed by atoms with Gasteiger partial charge in [0.1, 0.15) is 11.3 Å². The van der Waals surface area contributed by atoms with Crippen molar-refractivity contribution in [2.75, 3.05) is 20.7 Å². The molecule has 136 valence electrons. The lowest BCUT2D eigenvalue weighted by atomic mass is 9.81. The maximum atomic E-state index is 12.6. The van der Waals surface area contributed by atoms with Crippen molar-refractivity contribution in [3.05, 3.63) is 28.2 Å². The molecule has 1 aliphatic rings. The van der Waals surface area contributed by atoms with E-state index in [0.29, 0.717) is 0 Å². The second kappa shape index (κ2) is 8.68. The maximum Gasteiger partial charge on any atom is 0.237 e. The predicted molar refractivity (Wildman–Crippen MR) is 101 cm³/mol. The third-order valence-corrected chi connectivity index (χ3v) is 5.76. The zero-order valence-electron chi connectivity index (χ0n) is 15.1. The van der Waals surface area contributed by atoms with Crippen LogP contribution in [0.4, 0.5) is 0 Å². The SMILES string of the molecule is COc1ccc(C(C)NCC(=O)N(C)C2(C#N)CCCCC2)cc1Br. The Morgan fingerprint density at radius 3 is 2.68 bits per heavy atom. The van der Waals surface area contributed by atoms with Crippen LogP contribution in [-0.2, 0) is 4.79 Å². The average Bonchev–Trinajstić information content (AvgIpc) is 2.65. The van der Waals surface area contributed by atoms with Crippen molar-refractivity contribution in [1.29, 1.82) is 5.26 Å². The monoisotopic (exact) mass is 407 g/mol. The highest BCUT2D eigenvalue weighted by Gasteiger charge is 2.38. The second-order valence-electron chi connectivity index (χ2n) is 6.65. The van der Waals surface area contributed by atoms with E-state index in [-0.39, 0.29) is 18.5 Å². The molecule has 1 fully saturated rings. The Morgan fingerprint density at radius 2 is 2.12 bits per heavy atom. The standard InChI is InChI=1S/C19H26BrN3O2/c1-14(15-7-8-17(25-3)16(20)11-15)22-12-18(24)23(2)19(13-21)9-5-4-6-10-19/h7-8,11,14,22H,4-6,9-10,12H2,1-3H3. The lowest BCUT2D eigenvalue weighted by Crippen LogP contribution is -2.52. The Kier molecular flexibility index (Phi) is 6.86. The summed E-state index contributed by atoms with van der Waals surface area (Å²) in [7, 11) is 3.39. The fourth-order valence-electron chi connectivity index (χ4n) is 3.33. The van der Waals surface area contributed by atoms with Gasteiger partial charge in [0.15, 0.2) is 0 Å². The van der Waals surface area contributed by atoms with Crippen LogP contribution in [-0.4, -0.2) is 37.0 Å². The van der Waals surface area contributed by atoms with E-state index in [4.69, 9.17) is 4.74 Å². The number of hydrogen-bond acceptors (Lipinski definition) is 4. The summed E-state index contributed by atoms with van der Waals surface area (Å²) < 4.78 is 6.13. The van der Waals surface area contributed by atoms with Crippen molar-refractivity contribution in [1.82, 2.24) is 10.2 Å². The molecule has 0 radical (unpaired) electrons. The molecule has 1 atom stereocenters. The molecule has 0 spiro atoms. The minimum absolute atomic E-state index is 0.0175. The molecule has 1 amide bonds. The van der Waals surface area contributed by atoms with Crippen LogP contribution < -0.4 is 10.1 Å². The topological polar surface area (TPSA) is 65.4 Å². The van der Waals surface area contributed by atoms with Gasteiger partial charge in [-0.15, -0.1) is 0 Å². The van der Waals surface area contributed by atoms with Gasteiger partial charge in [0.25, 0.3) is 0 Å². The largest absolute Gasteiger partial charge is 0.496 e. The lowest BCUT2D eigenvalue weighted by Gasteiger charge is -2.39. The predicted octanol–water partition coefficient (Wildman–Crippen LogP) is 3.79. The number of rotatable bonds is 6. The third kappa shape index (κ3) is 4.53. The van der Waals surface area contributed by atoms with Crippen molar-refractivity contribution >= 4 is 21.8 Å². The number of methoxy groups -OCH3 is 1. The molecule has 25 heavy (non-hydrogen) atoms. The Hall–Kier alpha value is -1.58. The van der Waals surface area contributed by atoms with E-state index in [0.717, 1.165) is 47.9 Å². The molecular weight excluding hydrogens is 382 g/mol. The minimum atomic E-state index is -0.636. The van der Waals surface area contributed by atoms with E-state index in [9.17, 15) is 10.1 Å². The number of carbonyl (C=O) groups excluding carboxylic acids is 1. The van der Waals surface area contributed by atoms with Gasteiger partial charge in [-0.25, -0.2) is 0 Å². The first-order valence-electron chi connectivity index (χ1n) is 8.68. The summed E-state index contributed by atoms with van der Waals surface area (Å²) in [5, 5.41) is 12.9. The van der Waals surface area contributed by atoms with Gasteiger partial charge in [-0.2, -0.15) is 5.26 Å². The summed E-state index contributed by atoms with van der Waals surface area (Å²) in [6.45, 7) is 2.23. The summed E-state index contributed by atoms with van der Waals surface area (Å²) in [4.78, 5) is 14.2. The Bertz CT molecular complexity index is 651. The third-order valence-electron chi connectivity index (χ3n) is 5.14. The molecular formula is C19H26BrN3O2. The first-order valence-corrected chi connectivity index (χ1v) is 9.47. The number of likely N-dealkylation sites (N-methyl/N-ethyl adjacent to an activating group) is 1. The summed E-state index contributed by atoms with van der Waals surface area (Å²) in [6.07, 6.45) is 4.70. The van der Waals surface area contributed by atoms with Gasteiger partial charge < -0.3 is 15.0 Å². The zero-order valence-corrected chi connectivity index (χ0v) is 16.7. The summed E-state index contributed by atoms with van der Waals surface area (Å²) >= 11 is 3.48. The molecule has 1 aromatic rings. The molecule has 0 heterocycles. The van der Waals surface area contributed by atoms with Crippen molar-refractivity contribution < 1.29 is 9.53 Å². The normalized spacial score (nSPS) is 17.4. The Labute approximate surface area is 158 Å². The zero-order chi connectivity index (χ0) is 18.4. The van der Waals surface area contributed by atoms with Crippen LogP contribution >= 0.6 is 15.9 Å². The fraction of sp³-hybridized carbons (Fsp3) is 0.579. The second-order valence-corrected chi connectivity index (χ2v) is 7.51. The number of nitrogens with one attached hydrogen (secondary N) is 1. The summed E-state index contributed by atoms with van der Waals surface area (Å²) in [5.74, 6) is 0.739. The molecule has 2 rings (SSSR count). The smallest absolute Gasteiger partial charge is 0.237 e. The van der Waals surface area contributed by atoms with E-state index in [1.165, 1.54) is 0 Å². The van der Waals surface area contributed by atoms with E-state index in [2.05, 4.69) is 27.3 Å². The van der Waals surface area contributed by atoms with Crippen molar-refractivity contribution in [2.24, 2.45) is 0 Å². The highest BCUT2D eigenvalue weighted by atomic mass is 79.9. The number of halogens is 1. The minimum Gasteiger partial charge on any atom is -0.496 e. The number of nitriles is 1. The molecule has 1 aromatic carbocycles. The molecule has 6 heteroatoms. The van der Waals surface area contributed by atoms with Gasteiger partial charge in [0, 0.05) is 13.1 Å². The Morgan fingerprint density at radius 1 is 1.44 bits per heavy atom. The first-order chi connectivity index (χ1) is 11.9. The molecule has 0 aromatic heterocycles. The maximum absolute atomic E-state index is 12.6. The van der Waals surface area contributed by atoms with Gasteiger partial charge in [-0.05, 0) is 53.4 Å². The van der Waals surface area contributed by atoms with Gasteiger partial charge in [0.2, 0.25) is 5.91 Å². The molecule has 0 aliphatic heterocycles. The molecule has 5 nitrogen and oxygen atoms in total. The van der Waals surface area contributed by atoms with Crippen LogP contribution in [0.5, 0.6) is 5.75 Å². The van der Waals surface area contributed by atoms with Crippen molar-refractivity contribution in [3.63, 3.8) is 0 Å². The van der Waals surface area contributed by atoms with Gasteiger partial charge in [-0.3, -0.25) is 4.79 Å². The number of amides is 1. The molecule has 1 unspecified atom stereocenters. The first kappa shape index (κ1) is 19.7. The van der Waals surface area contributed by atoms with E-state index in [1.807, 2.05) is 25.1 Å². The van der Waals surface area contributed by atoms with E-state index >= 15 is 0 Å². The quantitative estimate of drug-likeness (QED) is 0.778. The Balaban J connectivity index is 1.96. The van der Waals surface area contributed by atoms with E-state index < -0.39 is 5.54 Å². The average molecular weight is 408 g/mol. The van der Waals surface area contributed by atoms with Crippen molar-refractivity contribution in [2.45, 2.75) is 50.6 Å². The number of benzene rings is 1. The van der Waals surface area contributed by atoms with Gasteiger partial charge >= 0.3 is 0 Å². The number of nitrogens with zero attached hydrogens (tertiary/aromatic N) is 2. The molecule has 1 N–H and O–H groups in total. The van der Waals surface area contributed by atoms with Crippen LogP contribution in [0.2, 0.25) is 0 Å². The molecule has 0 saturated heterocycles. The fourth-order valence-corrected chi connectivity index (χ4v) is 3.88. The van der Waals surface area contributed by atoms with Crippen LogP contribution in [0.1, 0.15) is 50.6 Å². The number of hydrogen-bond donors (Lipinski definition) is 1. The van der Waals surface area contributed by atoms with Crippen LogP contribution in [0.15, 0.2) is 22.7 Å². The van der Waals surface area contributed by atoms with Crippen LogP contribution in [0.3, 0.4) is 0 Å². The molecule has 1 saturated carbocycles. The van der Waals surface area contributed by atoms with E-state index in [1.54, 1.807) is 19.1 Å².